The third kappa shape index (κ3) is 4.80. The fraction of sp³-hybridized carbons (Fsp3) is 0.615. The summed E-state index contributed by atoms with van der Waals surface area (Å²) < 4.78 is 0. The van der Waals surface area contributed by atoms with Crippen LogP contribution in [-0.4, -0.2) is 34.7 Å². The predicted molar refractivity (Wildman–Crippen MR) is 77.9 cm³/mol. The molecule has 2 amide bonds. The molecule has 1 aromatic rings. The van der Waals surface area contributed by atoms with Crippen LogP contribution in [0.25, 0.3) is 0 Å². The maximum absolute atomic E-state index is 11.7. The van der Waals surface area contributed by atoms with E-state index in [0.717, 1.165) is 5.01 Å². The Balaban J connectivity index is 2.44. The number of nitrogens with zero attached hydrogens (tertiary/aromatic N) is 1. The van der Waals surface area contributed by atoms with Crippen LogP contribution >= 0.6 is 11.3 Å². The van der Waals surface area contributed by atoms with Crippen molar-refractivity contribution in [3.63, 3.8) is 0 Å². The van der Waals surface area contributed by atoms with Gasteiger partial charge in [0, 0.05) is 24.0 Å². The van der Waals surface area contributed by atoms with E-state index in [1.807, 2.05) is 19.2 Å². The number of carboxylic acids is 1. The Morgan fingerprint density at radius 2 is 2.15 bits per heavy atom. The molecule has 0 spiro atoms. The van der Waals surface area contributed by atoms with E-state index in [2.05, 4.69) is 15.6 Å². The Hall–Kier alpha value is -1.63. The second-order valence-corrected chi connectivity index (χ2v) is 5.75. The molecule has 112 valence electrons. The van der Waals surface area contributed by atoms with E-state index in [1.165, 1.54) is 11.3 Å². The monoisotopic (exact) mass is 299 g/mol. The van der Waals surface area contributed by atoms with Crippen molar-refractivity contribution in [2.45, 2.75) is 39.2 Å². The zero-order valence-corrected chi connectivity index (χ0v) is 12.7. The second kappa shape index (κ2) is 7.84. The van der Waals surface area contributed by atoms with Gasteiger partial charge in [-0.1, -0.05) is 27.2 Å². The standard InChI is InChI=1S/C13H21N3O3S/c1-4-8(2)10(12(17)18)16-13(19)15-7-9(3)11-14-5-6-20-11/h5-6,8-10H,4,7H2,1-3H3,(H,17,18)(H2,15,16,19)/t8?,9?,10-/m0/s1. The number of carbonyl (C=O) groups excluding carboxylic acids is 1. The van der Waals surface area contributed by atoms with E-state index in [-0.39, 0.29) is 11.8 Å². The molecule has 0 aliphatic carbocycles. The molecule has 6 nitrogen and oxygen atoms in total. The number of rotatable bonds is 7. The van der Waals surface area contributed by atoms with E-state index in [4.69, 9.17) is 5.11 Å². The number of thiazole rings is 1. The van der Waals surface area contributed by atoms with Gasteiger partial charge in [-0.15, -0.1) is 11.3 Å². The van der Waals surface area contributed by atoms with Crippen molar-refractivity contribution < 1.29 is 14.7 Å². The molecule has 0 aliphatic heterocycles. The molecule has 0 saturated heterocycles. The molecular formula is C13H21N3O3S. The van der Waals surface area contributed by atoms with Crippen molar-refractivity contribution in [3.05, 3.63) is 16.6 Å². The van der Waals surface area contributed by atoms with Gasteiger partial charge < -0.3 is 15.7 Å². The number of nitrogens with one attached hydrogen (secondary N) is 2. The van der Waals surface area contributed by atoms with E-state index in [9.17, 15) is 9.59 Å². The number of aromatic nitrogens is 1. The summed E-state index contributed by atoms with van der Waals surface area (Å²) in [5.74, 6) is -1.02. The van der Waals surface area contributed by atoms with Crippen LogP contribution in [0.5, 0.6) is 0 Å². The van der Waals surface area contributed by atoms with E-state index < -0.39 is 18.0 Å². The number of carboxylic acid groups (broad SMARTS) is 1. The molecule has 0 aromatic carbocycles. The Bertz CT molecular complexity index is 436. The van der Waals surface area contributed by atoms with Gasteiger partial charge >= 0.3 is 12.0 Å². The summed E-state index contributed by atoms with van der Waals surface area (Å²) in [6.45, 7) is 6.08. The molecule has 1 aromatic heterocycles. The average molecular weight is 299 g/mol. The molecule has 7 heteroatoms. The minimum absolute atomic E-state index is 0.104. The summed E-state index contributed by atoms with van der Waals surface area (Å²) in [7, 11) is 0. The average Bonchev–Trinajstić information content (AvgIpc) is 2.95. The molecule has 20 heavy (non-hydrogen) atoms. The summed E-state index contributed by atoms with van der Waals surface area (Å²) >= 11 is 1.53. The smallest absolute Gasteiger partial charge is 0.326 e. The number of carbonyl (C=O) groups is 2. The normalized spacial score (nSPS) is 15.2. The van der Waals surface area contributed by atoms with Crippen LogP contribution < -0.4 is 10.6 Å². The summed E-state index contributed by atoms with van der Waals surface area (Å²) in [6, 6.07) is -1.32. The number of urea groups is 1. The Morgan fingerprint density at radius 3 is 2.65 bits per heavy atom. The van der Waals surface area contributed by atoms with Gasteiger partial charge in [0.15, 0.2) is 0 Å². The zero-order valence-electron chi connectivity index (χ0n) is 11.9. The van der Waals surface area contributed by atoms with E-state index >= 15 is 0 Å². The van der Waals surface area contributed by atoms with Crippen LogP contribution in [-0.2, 0) is 4.79 Å². The highest BCUT2D eigenvalue weighted by Crippen LogP contribution is 2.16. The minimum atomic E-state index is -1.01. The maximum atomic E-state index is 11.7. The SMILES string of the molecule is CCC(C)[C@H](NC(=O)NCC(C)c1nccs1)C(=O)O. The molecular weight excluding hydrogens is 278 g/mol. The van der Waals surface area contributed by atoms with Crippen LogP contribution in [0.4, 0.5) is 4.79 Å². The summed E-state index contributed by atoms with van der Waals surface area (Å²) in [4.78, 5) is 27.0. The van der Waals surface area contributed by atoms with Gasteiger partial charge in [0.05, 0.1) is 5.01 Å². The van der Waals surface area contributed by atoms with Crippen LogP contribution in [0, 0.1) is 5.92 Å². The van der Waals surface area contributed by atoms with Crippen LogP contribution in [0.2, 0.25) is 0 Å². The highest BCUT2D eigenvalue weighted by molar-refractivity contribution is 7.09. The van der Waals surface area contributed by atoms with Gasteiger partial charge in [0.1, 0.15) is 6.04 Å². The van der Waals surface area contributed by atoms with Gasteiger partial charge in [-0.05, 0) is 5.92 Å². The Labute approximate surface area is 122 Å². The Kier molecular flexibility index (Phi) is 6.44. The largest absolute Gasteiger partial charge is 0.480 e. The summed E-state index contributed by atoms with van der Waals surface area (Å²) in [5.41, 5.74) is 0. The van der Waals surface area contributed by atoms with Gasteiger partial charge in [-0.3, -0.25) is 0 Å². The van der Waals surface area contributed by atoms with Gasteiger partial charge in [-0.2, -0.15) is 0 Å². The van der Waals surface area contributed by atoms with Crippen molar-refractivity contribution in [1.82, 2.24) is 15.6 Å². The van der Waals surface area contributed by atoms with E-state index in [1.54, 1.807) is 13.1 Å². The summed E-state index contributed by atoms with van der Waals surface area (Å²) in [6.07, 6.45) is 2.41. The molecule has 0 saturated carbocycles. The molecule has 1 rings (SSSR count). The van der Waals surface area contributed by atoms with Crippen molar-refractivity contribution >= 4 is 23.3 Å². The lowest BCUT2D eigenvalue weighted by molar-refractivity contribution is -0.140. The molecule has 0 bridgehead atoms. The predicted octanol–water partition coefficient (Wildman–Crippen LogP) is 2.05. The Morgan fingerprint density at radius 1 is 1.45 bits per heavy atom. The van der Waals surface area contributed by atoms with Crippen molar-refractivity contribution in [2.75, 3.05) is 6.54 Å². The molecule has 1 heterocycles. The van der Waals surface area contributed by atoms with Crippen LogP contribution in [0.15, 0.2) is 11.6 Å². The topological polar surface area (TPSA) is 91.3 Å². The highest BCUT2D eigenvalue weighted by atomic mass is 32.1. The fourth-order valence-electron chi connectivity index (χ4n) is 1.69. The number of hydrogen-bond donors (Lipinski definition) is 3. The molecule has 2 unspecified atom stereocenters. The first-order valence-corrected chi connectivity index (χ1v) is 7.50. The lowest BCUT2D eigenvalue weighted by Crippen LogP contribution is -2.49. The van der Waals surface area contributed by atoms with Crippen LogP contribution in [0.1, 0.15) is 38.1 Å². The maximum Gasteiger partial charge on any atom is 0.326 e. The highest BCUT2D eigenvalue weighted by Gasteiger charge is 2.25. The molecule has 0 fully saturated rings. The van der Waals surface area contributed by atoms with Gasteiger partial charge in [0.2, 0.25) is 0 Å². The molecule has 0 aliphatic rings. The first-order valence-electron chi connectivity index (χ1n) is 6.62. The van der Waals surface area contributed by atoms with Gasteiger partial charge in [-0.25, -0.2) is 14.6 Å². The minimum Gasteiger partial charge on any atom is -0.480 e. The lowest BCUT2D eigenvalue weighted by atomic mass is 9.99. The van der Waals surface area contributed by atoms with Crippen LogP contribution in [0.3, 0.4) is 0 Å². The van der Waals surface area contributed by atoms with Crippen molar-refractivity contribution in [1.29, 1.82) is 0 Å². The number of amides is 2. The molecule has 0 radical (unpaired) electrons. The lowest BCUT2D eigenvalue weighted by Gasteiger charge is -2.20. The van der Waals surface area contributed by atoms with Crippen molar-refractivity contribution in [3.8, 4) is 0 Å². The van der Waals surface area contributed by atoms with Gasteiger partial charge in [0.25, 0.3) is 0 Å². The first kappa shape index (κ1) is 16.4. The molecule has 3 N–H and O–H groups in total. The third-order valence-corrected chi connectivity index (χ3v) is 4.21. The molecule has 3 atom stereocenters. The van der Waals surface area contributed by atoms with Crippen molar-refractivity contribution in [2.24, 2.45) is 5.92 Å². The second-order valence-electron chi connectivity index (χ2n) is 4.83. The first-order chi connectivity index (χ1) is 9.45. The third-order valence-electron chi connectivity index (χ3n) is 3.21. The zero-order chi connectivity index (χ0) is 15.1. The summed E-state index contributed by atoms with van der Waals surface area (Å²) in [5, 5.41) is 17.1. The fourth-order valence-corrected chi connectivity index (χ4v) is 2.38. The number of aliphatic carboxylic acids is 1. The number of hydrogen-bond acceptors (Lipinski definition) is 4. The van der Waals surface area contributed by atoms with E-state index in [0.29, 0.717) is 13.0 Å². The quantitative estimate of drug-likeness (QED) is 0.718.